The van der Waals surface area contributed by atoms with E-state index in [1.165, 1.54) is 304 Å². The van der Waals surface area contributed by atoms with Crippen molar-refractivity contribution in [2.75, 3.05) is 0 Å². The Labute approximate surface area is 819 Å². The van der Waals surface area contributed by atoms with Crippen molar-refractivity contribution in [3.05, 3.63) is 522 Å². The lowest BCUT2D eigenvalue weighted by Gasteiger charge is -2.22. The van der Waals surface area contributed by atoms with Crippen molar-refractivity contribution in [3.63, 3.8) is 0 Å². The van der Waals surface area contributed by atoms with Crippen LogP contribution in [0, 0.1) is 0 Å². The molecule has 31 aromatic carbocycles. The Kier molecular flexibility index (Phi) is 18.6. The molecule has 0 aliphatic rings. The SMILES string of the molecule is c1ccc2c(-c3c4ccc5ccccc5c4c(-c4ccc5ccc6ccccc6c5c4)c4ccc5ccccc5c34)cccc2c1.c1ccc2c(c1)ccc1ccc(-c3c4ccc5ccccc5c4c(-c4ccc5ccc6ccccc6c5c4)c4ccc5ccccc5c34)cc12.c1ccc2cc(-c3c4ccc5ccccc5c4c(-c4ccc5ccc6ccccc6c5c4)c4ccc5ccccc5c34)ccc2c1. The average molecular weight is 1790 g/mol. The first kappa shape index (κ1) is 80.8. The first-order valence-electron chi connectivity index (χ1n) is 49.5. The summed E-state index contributed by atoms with van der Waals surface area (Å²) >= 11 is 0. The summed E-state index contributed by atoms with van der Waals surface area (Å²) in [5.74, 6) is 0. The Balaban J connectivity index is 0.000000102. The van der Waals surface area contributed by atoms with E-state index in [4.69, 9.17) is 0 Å². The Bertz CT molecular complexity index is 10600. The molecular formula is C142H86. The molecule has 0 nitrogen and oxygen atoms in total. The van der Waals surface area contributed by atoms with Gasteiger partial charge in [0, 0.05) is 0 Å². The molecule has 654 valence electrons. The smallest absolute Gasteiger partial charge is 0.00137 e. The van der Waals surface area contributed by atoms with Gasteiger partial charge in [0.25, 0.3) is 0 Å². The highest BCUT2D eigenvalue weighted by Crippen LogP contribution is 2.55. The maximum atomic E-state index is 2.44. The van der Waals surface area contributed by atoms with Crippen LogP contribution >= 0.6 is 0 Å². The van der Waals surface area contributed by atoms with Gasteiger partial charge in [0.15, 0.2) is 0 Å². The Morgan fingerprint density at radius 2 is 0.239 bits per heavy atom. The summed E-state index contributed by atoms with van der Waals surface area (Å²) in [5.41, 5.74) is 15.3. The van der Waals surface area contributed by atoms with Crippen LogP contribution in [0.1, 0.15) is 0 Å². The van der Waals surface area contributed by atoms with Crippen LogP contribution in [0.4, 0.5) is 0 Å². The zero-order valence-electron chi connectivity index (χ0n) is 77.7. The molecule has 0 heteroatoms. The van der Waals surface area contributed by atoms with Crippen LogP contribution in [0.5, 0.6) is 0 Å². The van der Waals surface area contributed by atoms with Gasteiger partial charge in [0.05, 0.1) is 0 Å². The van der Waals surface area contributed by atoms with E-state index in [1.807, 2.05) is 0 Å². The molecule has 0 spiro atoms. The summed E-state index contributed by atoms with van der Waals surface area (Å²) in [6.07, 6.45) is 0. The Morgan fingerprint density at radius 1 is 0.0775 bits per heavy atom. The molecule has 31 aromatic rings. The second-order valence-corrected chi connectivity index (χ2v) is 38.5. The maximum Gasteiger partial charge on any atom is -0.00137 e. The lowest BCUT2D eigenvalue weighted by Crippen LogP contribution is -1.94. The highest BCUT2D eigenvalue weighted by molar-refractivity contribution is 6.38. The molecule has 0 fully saturated rings. The lowest BCUT2D eigenvalue weighted by molar-refractivity contribution is 1.70. The second-order valence-electron chi connectivity index (χ2n) is 38.5. The van der Waals surface area contributed by atoms with Gasteiger partial charge < -0.3 is 0 Å². The van der Waals surface area contributed by atoms with Crippen molar-refractivity contribution >= 4 is 237 Å². The summed E-state index contributed by atoms with van der Waals surface area (Å²) in [6, 6.07) is 194. The van der Waals surface area contributed by atoms with Crippen LogP contribution < -0.4 is 0 Å². The molecule has 0 atom stereocenters. The average Bonchev–Trinajstić information content (AvgIpc) is 0.712. The first-order chi connectivity index (χ1) is 70.4. The molecule has 0 bridgehead atoms. The van der Waals surface area contributed by atoms with Gasteiger partial charge in [-0.3, -0.25) is 0 Å². The summed E-state index contributed by atoms with van der Waals surface area (Å²) in [5, 5.41) is 56.2. The number of rotatable bonds is 6. The van der Waals surface area contributed by atoms with E-state index >= 15 is 0 Å². The standard InChI is InChI=1S/C50H30.2C46H28/c1-5-13-39-31(9-1)17-19-35-21-23-37(29-45(35)39)47-43-27-25-34-12-4-8-16-42(34)50(43)48(44-28-26-33-11-3-7-15-41(33)49(44)47)38-24-22-36-20-18-32-10-2-6-14-40(32)46(36)30-38;1-5-15-35-29(10-1)14-9-19-39(35)46-41-27-25-31-12-3-7-17-37(31)44(41)43(40-26-24-32-13-4-8-18-38(32)45(40)46)34-23-22-33-21-20-30-11-2-6-16-36(30)42(33)28-34;1-2-13-34-27-35(21-17-29(34)9-1)43-40-25-23-32-12-5-8-16-39(32)46(40)44(41-26-24-31-11-4-7-15-38(31)45(41)43)36-22-20-33-19-18-30-10-3-6-14-37(30)42(33)28-36/h1-30H;2*1-28H. The Hall–Kier alpha value is -18.5. The van der Waals surface area contributed by atoms with E-state index in [2.05, 4.69) is 522 Å². The van der Waals surface area contributed by atoms with E-state index in [0.717, 1.165) is 0 Å². The number of fused-ring (bicyclic) bond motifs is 32. The van der Waals surface area contributed by atoms with E-state index in [1.54, 1.807) is 0 Å². The minimum atomic E-state index is 1.24. The molecule has 0 N–H and O–H groups in total. The van der Waals surface area contributed by atoms with Crippen LogP contribution in [0.15, 0.2) is 522 Å². The third kappa shape index (κ3) is 12.9. The third-order valence-corrected chi connectivity index (χ3v) is 30.9. The van der Waals surface area contributed by atoms with Crippen LogP contribution in [-0.2, 0) is 0 Å². The molecule has 0 heterocycles. The zero-order chi connectivity index (χ0) is 93.1. The zero-order valence-corrected chi connectivity index (χ0v) is 77.7. The van der Waals surface area contributed by atoms with Gasteiger partial charge in [-0.15, -0.1) is 0 Å². The Morgan fingerprint density at radius 3 is 0.507 bits per heavy atom. The number of benzene rings is 31. The quantitative estimate of drug-likeness (QED) is 0.115. The number of hydrogen-bond donors (Lipinski definition) is 0. The summed E-state index contributed by atoms with van der Waals surface area (Å²) in [7, 11) is 0. The van der Waals surface area contributed by atoms with Crippen LogP contribution in [0.2, 0.25) is 0 Å². The van der Waals surface area contributed by atoms with Crippen LogP contribution in [-0.4, -0.2) is 0 Å². The van der Waals surface area contributed by atoms with Gasteiger partial charge in [-0.05, 0) is 334 Å². The molecule has 0 saturated carbocycles. The van der Waals surface area contributed by atoms with E-state index in [9.17, 15) is 0 Å². The van der Waals surface area contributed by atoms with Crippen molar-refractivity contribution in [1.82, 2.24) is 0 Å². The largest absolute Gasteiger partial charge is 0.0616 e. The molecule has 0 saturated heterocycles. The highest BCUT2D eigenvalue weighted by atomic mass is 14.3. The fourth-order valence-electron chi connectivity index (χ4n) is 24.5. The van der Waals surface area contributed by atoms with Crippen molar-refractivity contribution in [2.45, 2.75) is 0 Å². The van der Waals surface area contributed by atoms with E-state index in [0.29, 0.717) is 0 Å². The minimum Gasteiger partial charge on any atom is -0.0616 e. The summed E-state index contributed by atoms with van der Waals surface area (Å²) in [4.78, 5) is 0. The molecule has 0 aromatic heterocycles. The second kappa shape index (κ2) is 32.6. The molecule has 0 aliphatic carbocycles. The monoisotopic (exact) mass is 1790 g/mol. The molecule has 0 aliphatic heterocycles. The molecular weight excluding hydrogens is 1710 g/mol. The maximum absolute atomic E-state index is 2.44. The number of hydrogen-bond acceptors (Lipinski definition) is 0. The van der Waals surface area contributed by atoms with E-state index in [-0.39, 0.29) is 0 Å². The predicted molar refractivity (Wildman–Crippen MR) is 617 cm³/mol. The molecule has 0 unspecified atom stereocenters. The van der Waals surface area contributed by atoms with Crippen LogP contribution in [0.25, 0.3) is 304 Å². The van der Waals surface area contributed by atoms with Gasteiger partial charge in [-0.1, -0.05) is 491 Å². The van der Waals surface area contributed by atoms with Crippen LogP contribution in [0.3, 0.4) is 0 Å². The van der Waals surface area contributed by atoms with E-state index < -0.39 is 0 Å². The van der Waals surface area contributed by atoms with Gasteiger partial charge in [0.2, 0.25) is 0 Å². The van der Waals surface area contributed by atoms with Crippen molar-refractivity contribution in [1.29, 1.82) is 0 Å². The lowest BCUT2D eigenvalue weighted by atomic mass is 9.81. The molecule has 0 amide bonds. The van der Waals surface area contributed by atoms with Crippen molar-refractivity contribution in [3.8, 4) is 66.8 Å². The van der Waals surface area contributed by atoms with Gasteiger partial charge >= 0.3 is 0 Å². The minimum absolute atomic E-state index is 1.24. The summed E-state index contributed by atoms with van der Waals surface area (Å²) in [6.45, 7) is 0. The fourth-order valence-corrected chi connectivity index (χ4v) is 24.5. The predicted octanol–water partition coefficient (Wildman–Crippen LogP) is 40.4. The third-order valence-electron chi connectivity index (χ3n) is 30.9. The van der Waals surface area contributed by atoms with Crippen molar-refractivity contribution < 1.29 is 0 Å². The fraction of sp³-hybridized carbons (Fsp3) is 0. The first-order valence-corrected chi connectivity index (χ1v) is 49.5. The normalized spacial score (nSPS) is 11.9. The van der Waals surface area contributed by atoms with Gasteiger partial charge in [0.1, 0.15) is 0 Å². The molecule has 31 rings (SSSR count). The summed E-state index contributed by atoms with van der Waals surface area (Å²) < 4.78 is 0. The topological polar surface area (TPSA) is 0 Å². The molecule has 142 heavy (non-hydrogen) atoms. The molecule has 0 radical (unpaired) electrons. The van der Waals surface area contributed by atoms with Crippen molar-refractivity contribution in [2.24, 2.45) is 0 Å². The highest BCUT2D eigenvalue weighted by Gasteiger charge is 2.28. The van der Waals surface area contributed by atoms with Gasteiger partial charge in [-0.2, -0.15) is 0 Å². The van der Waals surface area contributed by atoms with Gasteiger partial charge in [-0.25, -0.2) is 0 Å².